The van der Waals surface area contributed by atoms with Gasteiger partial charge in [0.2, 0.25) is 0 Å². The third kappa shape index (κ3) is 1.75. The average Bonchev–Trinajstić information content (AvgIpc) is 2.40. The zero-order chi connectivity index (χ0) is 13.6. The lowest BCUT2D eigenvalue weighted by molar-refractivity contribution is -0.131. The van der Waals surface area contributed by atoms with Crippen LogP contribution in [0.25, 0.3) is 0 Å². The molecule has 2 atom stereocenters. The SMILES string of the molecule is O=CC12CCC(=O)CC1Oc1ccc(Br)cc1C2=O. The van der Waals surface area contributed by atoms with Gasteiger partial charge in [-0.1, -0.05) is 15.9 Å². The van der Waals surface area contributed by atoms with E-state index in [1.54, 1.807) is 18.2 Å². The largest absolute Gasteiger partial charge is 0.488 e. The van der Waals surface area contributed by atoms with Crippen molar-refractivity contribution in [3.63, 3.8) is 0 Å². The summed E-state index contributed by atoms with van der Waals surface area (Å²) in [6.45, 7) is 0. The highest BCUT2D eigenvalue weighted by Gasteiger charge is 2.54. The molecule has 3 rings (SSSR count). The van der Waals surface area contributed by atoms with Gasteiger partial charge in [0.05, 0.1) is 5.56 Å². The molecule has 1 saturated carbocycles. The number of halogens is 1. The predicted molar refractivity (Wildman–Crippen MR) is 70.2 cm³/mol. The number of carbonyl (C=O) groups is 3. The molecule has 2 aliphatic rings. The Morgan fingerprint density at radius 3 is 2.89 bits per heavy atom. The Hall–Kier alpha value is -1.49. The second kappa shape index (κ2) is 4.27. The van der Waals surface area contributed by atoms with E-state index in [2.05, 4.69) is 15.9 Å². The van der Waals surface area contributed by atoms with Crippen LogP contribution in [0.15, 0.2) is 22.7 Å². The Morgan fingerprint density at radius 2 is 2.16 bits per heavy atom. The molecule has 0 spiro atoms. The van der Waals surface area contributed by atoms with E-state index in [1.807, 2.05) is 0 Å². The first-order chi connectivity index (χ1) is 9.06. The maximum atomic E-state index is 12.6. The topological polar surface area (TPSA) is 60.4 Å². The molecule has 1 fully saturated rings. The van der Waals surface area contributed by atoms with Crippen LogP contribution in [0.2, 0.25) is 0 Å². The lowest BCUT2D eigenvalue weighted by Gasteiger charge is -2.41. The van der Waals surface area contributed by atoms with Crippen LogP contribution >= 0.6 is 15.9 Å². The number of ether oxygens (including phenoxy) is 1. The number of aldehydes is 1. The molecule has 0 amide bonds. The smallest absolute Gasteiger partial charge is 0.183 e. The van der Waals surface area contributed by atoms with Crippen LogP contribution in [0.1, 0.15) is 29.6 Å². The highest BCUT2D eigenvalue weighted by Crippen LogP contribution is 2.45. The van der Waals surface area contributed by atoms with Crippen molar-refractivity contribution in [3.05, 3.63) is 28.2 Å². The fourth-order valence-electron chi connectivity index (χ4n) is 2.78. The Morgan fingerprint density at radius 1 is 1.37 bits per heavy atom. The first-order valence-corrected chi connectivity index (χ1v) is 6.85. The van der Waals surface area contributed by atoms with Crippen LogP contribution in [-0.4, -0.2) is 24.0 Å². The molecule has 19 heavy (non-hydrogen) atoms. The summed E-state index contributed by atoms with van der Waals surface area (Å²) in [5.74, 6) is 0.253. The van der Waals surface area contributed by atoms with Crippen LogP contribution in [0, 0.1) is 5.41 Å². The van der Waals surface area contributed by atoms with Crippen molar-refractivity contribution in [1.82, 2.24) is 0 Å². The maximum Gasteiger partial charge on any atom is 0.183 e. The molecule has 0 radical (unpaired) electrons. The second-order valence-corrected chi connectivity index (χ2v) is 5.89. The van der Waals surface area contributed by atoms with Crippen molar-refractivity contribution in [1.29, 1.82) is 0 Å². The van der Waals surface area contributed by atoms with Gasteiger partial charge in [-0.3, -0.25) is 9.59 Å². The standard InChI is InChI=1S/C14H11BrO4/c15-8-1-2-11-10(5-8)13(18)14(7-16)4-3-9(17)6-12(14)19-11/h1-2,5,7,12H,3-4,6H2. The molecule has 5 heteroatoms. The van der Waals surface area contributed by atoms with Crippen molar-refractivity contribution in [2.24, 2.45) is 5.41 Å². The monoisotopic (exact) mass is 322 g/mol. The predicted octanol–water partition coefficient (Wildman–Crippen LogP) is 2.33. The average molecular weight is 323 g/mol. The van der Waals surface area contributed by atoms with E-state index < -0.39 is 11.5 Å². The van der Waals surface area contributed by atoms with Crippen LogP contribution in [0.4, 0.5) is 0 Å². The van der Waals surface area contributed by atoms with E-state index in [-0.39, 0.29) is 30.8 Å². The molecule has 0 aromatic heterocycles. The molecule has 0 bridgehead atoms. The summed E-state index contributed by atoms with van der Waals surface area (Å²) < 4.78 is 6.49. The van der Waals surface area contributed by atoms with Gasteiger partial charge in [-0.2, -0.15) is 0 Å². The Kier molecular flexibility index (Phi) is 2.82. The van der Waals surface area contributed by atoms with Gasteiger partial charge in [-0.15, -0.1) is 0 Å². The quantitative estimate of drug-likeness (QED) is 0.588. The number of rotatable bonds is 1. The fraction of sp³-hybridized carbons (Fsp3) is 0.357. The zero-order valence-electron chi connectivity index (χ0n) is 10.0. The van der Waals surface area contributed by atoms with E-state index in [0.717, 1.165) is 4.47 Å². The Bertz CT molecular complexity index is 595. The van der Waals surface area contributed by atoms with Gasteiger partial charge in [0.25, 0.3) is 0 Å². The number of hydrogen-bond donors (Lipinski definition) is 0. The first kappa shape index (κ1) is 12.5. The molecule has 4 nitrogen and oxygen atoms in total. The molecule has 1 aromatic rings. The van der Waals surface area contributed by atoms with Crippen molar-refractivity contribution in [2.45, 2.75) is 25.4 Å². The minimum absolute atomic E-state index is 0.0378. The number of Topliss-reactive ketones (excluding diaryl/α,β-unsaturated/α-hetero) is 2. The Balaban J connectivity index is 2.14. The summed E-state index contributed by atoms with van der Waals surface area (Å²) in [6.07, 6.45) is 0.627. The molecule has 1 aliphatic carbocycles. The van der Waals surface area contributed by atoms with E-state index in [9.17, 15) is 14.4 Å². The molecule has 0 saturated heterocycles. The van der Waals surface area contributed by atoms with Crippen LogP contribution in [-0.2, 0) is 9.59 Å². The number of carbonyl (C=O) groups excluding carboxylic acids is 3. The van der Waals surface area contributed by atoms with Gasteiger partial charge in [0, 0.05) is 17.3 Å². The number of fused-ring (bicyclic) bond motifs is 2. The van der Waals surface area contributed by atoms with Crippen molar-refractivity contribution in [3.8, 4) is 5.75 Å². The fourth-order valence-corrected chi connectivity index (χ4v) is 3.14. The first-order valence-electron chi connectivity index (χ1n) is 6.06. The molecule has 0 N–H and O–H groups in total. The van der Waals surface area contributed by atoms with E-state index in [1.165, 1.54) is 0 Å². The van der Waals surface area contributed by atoms with Crippen molar-refractivity contribution >= 4 is 33.8 Å². The zero-order valence-corrected chi connectivity index (χ0v) is 11.6. The minimum atomic E-state index is -1.19. The lowest BCUT2D eigenvalue weighted by Crippen LogP contribution is -2.53. The molecular weight excluding hydrogens is 312 g/mol. The van der Waals surface area contributed by atoms with Crippen LogP contribution < -0.4 is 4.74 Å². The van der Waals surface area contributed by atoms with Crippen molar-refractivity contribution < 1.29 is 19.1 Å². The third-order valence-electron chi connectivity index (χ3n) is 3.89. The number of benzene rings is 1. The number of hydrogen-bond acceptors (Lipinski definition) is 4. The summed E-state index contributed by atoms with van der Waals surface area (Å²) in [5.41, 5.74) is -0.783. The van der Waals surface area contributed by atoms with Crippen LogP contribution in [0.3, 0.4) is 0 Å². The van der Waals surface area contributed by atoms with Gasteiger partial charge in [0.15, 0.2) is 5.78 Å². The summed E-state index contributed by atoms with van der Waals surface area (Å²) in [5, 5.41) is 0. The highest BCUT2D eigenvalue weighted by atomic mass is 79.9. The second-order valence-electron chi connectivity index (χ2n) is 4.98. The molecule has 1 heterocycles. The molecular formula is C14H11BrO4. The van der Waals surface area contributed by atoms with Gasteiger partial charge in [-0.25, -0.2) is 0 Å². The van der Waals surface area contributed by atoms with E-state index >= 15 is 0 Å². The lowest BCUT2D eigenvalue weighted by atomic mass is 9.66. The van der Waals surface area contributed by atoms with Gasteiger partial charge in [-0.05, 0) is 24.6 Å². The summed E-state index contributed by atoms with van der Waals surface area (Å²) in [4.78, 5) is 35.7. The van der Waals surface area contributed by atoms with Gasteiger partial charge >= 0.3 is 0 Å². The minimum Gasteiger partial charge on any atom is -0.488 e. The third-order valence-corrected chi connectivity index (χ3v) is 4.39. The normalized spacial score (nSPS) is 29.2. The van der Waals surface area contributed by atoms with Gasteiger partial charge < -0.3 is 9.53 Å². The molecule has 98 valence electrons. The van der Waals surface area contributed by atoms with E-state index in [4.69, 9.17) is 4.74 Å². The molecule has 2 unspecified atom stereocenters. The molecule has 1 aliphatic heterocycles. The van der Waals surface area contributed by atoms with E-state index in [0.29, 0.717) is 17.6 Å². The van der Waals surface area contributed by atoms with Crippen LogP contribution in [0.5, 0.6) is 5.75 Å². The summed E-state index contributed by atoms with van der Waals surface area (Å²) >= 11 is 3.30. The summed E-state index contributed by atoms with van der Waals surface area (Å²) in [6, 6.07) is 5.12. The van der Waals surface area contributed by atoms with Gasteiger partial charge in [0.1, 0.15) is 29.3 Å². The summed E-state index contributed by atoms with van der Waals surface area (Å²) in [7, 11) is 0. The number of ketones is 2. The highest BCUT2D eigenvalue weighted by molar-refractivity contribution is 9.10. The maximum absolute atomic E-state index is 12.6. The molecule has 1 aromatic carbocycles. The Labute approximate surface area is 118 Å². The van der Waals surface area contributed by atoms with Crippen molar-refractivity contribution in [2.75, 3.05) is 0 Å².